The summed E-state index contributed by atoms with van der Waals surface area (Å²) in [5.41, 5.74) is 1.67. The molecule has 0 aliphatic carbocycles. The summed E-state index contributed by atoms with van der Waals surface area (Å²) in [6.07, 6.45) is 2.20. The topological polar surface area (TPSA) is 48.9 Å². The van der Waals surface area contributed by atoms with Crippen molar-refractivity contribution in [3.63, 3.8) is 0 Å². The molecule has 84 valence electrons. The summed E-state index contributed by atoms with van der Waals surface area (Å²) in [5, 5.41) is 9.96. The molecule has 2 N–H and O–H groups in total. The number of aromatic amines is 1. The van der Waals surface area contributed by atoms with Crippen LogP contribution in [-0.2, 0) is 6.42 Å². The van der Waals surface area contributed by atoms with E-state index >= 15 is 0 Å². The lowest BCUT2D eigenvalue weighted by Gasteiger charge is -2.01. The van der Waals surface area contributed by atoms with Gasteiger partial charge in [0.1, 0.15) is 5.82 Å². The molecule has 0 unspecified atom stereocenters. The molecule has 0 spiro atoms. The molecule has 1 heterocycles. The van der Waals surface area contributed by atoms with Crippen molar-refractivity contribution in [3.05, 3.63) is 40.3 Å². The Labute approximate surface area is 103 Å². The highest BCUT2D eigenvalue weighted by Gasteiger charge is 2.07. The van der Waals surface area contributed by atoms with Crippen LogP contribution in [0, 0.1) is 0 Å². The van der Waals surface area contributed by atoms with Crippen LogP contribution in [0.2, 0.25) is 10.0 Å². The quantitative estimate of drug-likeness (QED) is 0.888. The van der Waals surface area contributed by atoms with Crippen molar-refractivity contribution in [1.29, 1.82) is 0 Å². The third-order valence-electron chi connectivity index (χ3n) is 2.20. The molecule has 0 atom stereocenters. The summed E-state index contributed by atoms with van der Waals surface area (Å²) in [4.78, 5) is 7.23. The molecule has 0 saturated carbocycles. The molecule has 3 nitrogen and oxygen atoms in total. The van der Waals surface area contributed by atoms with Gasteiger partial charge >= 0.3 is 0 Å². The number of nitrogens with zero attached hydrogens (tertiary/aromatic N) is 1. The van der Waals surface area contributed by atoms with Crippen LogP contribution in [0.25, 0.3) is 11.3 Å². The Morgan fingerprint density at radius 2 is 2.12 bits per heavy atom. The maximum atomic E-state index is 8.79. The van der Waals surface area contributed by atoms with E-state index in [0.29, 0.717) is 16.5 Å². The van der Waals surface area contributed by atoms with Crippen LogP contribution < -0.4 is 0 Å². The molecule has 0 bridgehead atoms. The van der Waals surface area contributed by atoms with E-state index in [1.54, 1.807) is 18.3 Å². The van der Waals surface area contributed by atoms with E-state index in [-0.39, 0.29) is 6.61 Å². The van der Waals surface area contributed by atoms with Crippen molar-refractivity contribution in [1.82, 2.24) is 9.97 Å². The van der Waals surface area contributed by atoms with Crippen molar-refractivity contribution in [3.8, 4) is 11.3 Å². The first-order valence-corrected chi connectivity index (χ1v) is 5.56. The number of H-pyrrole nitrogens is 1. The van der Waals surface area contributed by atoms with Crippen LogP contribution in [0.15, 0.2) is 24.4 Å². The van der Waals surface area contributed by atoms with E-state index in [2.05, 4.69) is 9.97 Å². The summed E-state index contributed by atoms with van der Waals surface area (Å²) >= 11 is 11.9. The van der Waals surface area contributed by atoms with Gasteiger partial charge in [-0.3, -0.25) is 0 Å². The Kier molecular flexibility index (Phi) is 3.49. The number of nitrogens with one attached hydrogen (secondary N) is 1. The maximum Gasteiger partial charge on any atom is 0.108 e. The normalized spacial score (nSPS) is 10.7. The van der Waals surface area contributed by atoms with Crippen molar-refractivity contribution in [2.45, 2.75) is 6.42 Å². The van der Waals surface area contributed by atoms with Gasteiger partial charge in [-0.25, -0.2) is 4.98 Å². The SMILES string of the molecule is OCCc1ncc(-c2ccc(Cl)cc2Cl)[nH]1. The van der Waals surface area contributed by atoms with Gasteiger partial charge < -0.3 is 10.1 Å². The lowest BCUT2D eigenvalue weighted by Crippen LogP contribution is -1.92. The number of rotatable bonds is 3. The first-order chi connectivity index (χ1) is 7.70. The molecule has 0 amide bonds. The zero-order valence-electron chi connectivity index (χ0n) is 8.37. The van der Waals surface area contributed by atoms with E-state index in [1.165, 1.54) is 0 Å². The van der Waals surface area contributed by atoms with E-state index in [4.69, 9.17) is 28.3 Å². The average Bonchev–Trinajstić information content (AvgIpc) is 2.67. The van der Waals surface area contributed by atoms with Gasteiger partial charge in [-0.1, -0.05) is 23.2 Å². The number of halogens is 2. The van der Waals surface area contributed by atoms with Crippen molar-refractivity contribution >= 4 is 23.2 Å². The number of benzene rings is 1. The second-order valence-electron chi connectivity index (χ2n) is 3.34. The maximum absolute atomic E-state index is 8.79. The summed E-state index contributed by atoms with van der Waals surface area (Å²) in [7, 11) is 0. The van der Waals surface area contributed by atoms with Crippen molar-refractivity contribution in [2.24, 2.45) is 0 Å². The van der Waals surface area contributed by atoms with Gasteiger partial charge in [0, 0.05) is 17.0 Å². The fourth-order valence-electron chi connectivity index (χ4n) is 1.44. The fourth-order valence-corrected chi connectivity index (χ4v) is 1.95. The minimum atomic E-state index is 0.0707. The minimum absolute atomic E-state index is 0.0707. The molecular weight excluding hydrogens is 247 g/mol. The molecule has 1 aromatic carbocycles. The second kappa shape index (κ2) is 4.87. The zero-order chi connectivity index (χ0) is 11.5. The predicted molar refractivity (Wildman–Crippen MR) is 64.8 cm³/mol. The molecule has 2 aromatic rings. The highest BCUT2D eigenvalue weighted by atomic mass is 35.5. The van der Waals surface area contributed by atoms with Crippen LogP contribution in [0.3, 0.4) is 0 Å². The standard InChI is InChI=1S/C11H10Cl2N2O/c12-7-1-2-8(9(13)5-7)10-6-14-11(15-10)3-4-16/h1-2,5-6,16H,3-4H2,(H,14,15). The molecule has 0 fully saturated rings. The van der Waals surface area contributed by atoms with E-state index in [9.17, 15) is 0 Å². The Hall–Kier alpha value is -1.03. The Bertz CT molecular complexity index is 496. The number of aliphatic hydroxyl groups excluding tert-OH is 1. The van der Waals surface area contributed by atoms with Gasteiger partial charge in [0.05, 0.1) is 23.5 Å². The molecular formula is C11H10Cl2N2O. The van der Waals surface area contributed by atoms with E-state index in [0.717, 1.165) is 17.1 Å². The summed E-state index contributed by atoms with van der Waals surface area (Å²) in [6, 6.07) is 5.29. The first-order valence-electron chi connectivity index (χ1n) is 4.81. The minimum Gasteiger partial charge on any atom is -0.396 e. The number of imidazole rings is 1. The Balaban J connectivity index is 2.35. The van der Waals surface area contributed by atoms with Crippen LogP contribution >= 0.6 is 23.2 Å². The van der Waals surface area contributed by atoms with Gasteiger partial charge in [0.2, 0.25) is 0 Å². The highest BCUT2D eigenvalue weighted by molar-refractivity contribution is 6.36. The van der Waals surface area contributed by atoms with Gasteiger partial charge in [-0.2, -0.15) is 0 Å². The van der Waals surface area contributed by atoms with Gasteiger partial charge in [0.25, 0.3) is 0 Å². The molecule has 0 aliphatic heterocycles. The first kappa shape index (κ1) is 11.5. The van der Waals surface area contributed by atoms with Gasteiger partial charge in [-0.15, -0.1) is 0 Å². The van der Waals surface area contributed by atoms with Gasteiger partial charge in [-0.05, 0) is 18.2 Å². The van der Waals surface area contributed by atoms with E-state index < -0.39 is 0 Å². The summed E-state index contributed by atoms with van der Waals surface area (Å²) in [6.45, 7) is 0.0707. The smallest absolute Gasteiger partial charge is 0.108 e. The van der Waals surface area contributed by atoms with E-state index in [1.807, 2.05) is 6.07 Å². The average molecular weight is 257 g/mol. The predicted octanol–water partition coefficient (Wildman–Crippen LogP) is 2.92. The number of hydrogen-bond donors (Lipinski definition) is 2. The summed E-state index contributed by atoms with van der Waals surface area (Å²) in [5.74, 6) is 0.739. The van der Waals surface area contributed by atoms with Crippen LogP contribution in [0.5, 0.6) is 0 Å². The molecule has 0 saturated heterocycles. The summed E-state index contributed by atoms with van der Waals surface area (Å²) < 4.78 is 0. The molecule has 16 heavy (non-hydrogen) atoms. The monoisotopic (exact) mass is 256 g/mol. The lowest BCUT2D eigenvalue weighted by atomic mass is 10.2. The molecule has 5 heteroatoms. The number of hydrogen-bond acceptors (Lipinski definition) is 2. The molecule has 0 aliphatic rings. The van der Waals surface area contributed by atoms with Crippen LogP contribution in [0.1, 0.15) is 5.82 Å². The lowest BCUT2D eigenvalue weighted by molar-refractivity contribution is 0.297. The highest BCUT2D eigenvalue weighted by Crippen LogP contribution is 2.28. The Morgan fingerprint density at radius 1 is 1.31 bits per heavy atom. The molecule has 2 rings (SSSR count). The largest absolute Gasteiger partial charge is 0.396 e. The molecule has 1 aromatic heterocycles. The Morgan fingerprint density at radius 3 is 2.81 bits per heavy atom. The second-order valence-corrected chi connectivity index (χ2v) is 4.18. The van der Waals surface area contributed by atoms with Gasteiger partial charge in [0.15, 0.2) is 0 Å². The van der Waals surface area contributed by atoms with Crippen molar-refractivity contribution in [2.75, 3.05) is 6.61 Å². The zero-order valence-corrected chi connectivity index (χ0v) is 9.89. The number of aromatic nitrogens is 2. The van der Waals surface area contributed by atoms with Crippen LogP contribution in [0.4, 0.5) is 0 Å². The third kappa shape index (κ3) is 2.38. The van der Waals surface area contributed by atoms with Crippen LogP contribution in [-0.4, -0.2) is 21.7 Å². The van der Waals surface area contributed by atoms with Crippen molar-refractivity contribution < 1.29 is 5.11 Å². The number of aliphatic hydroxyl groups is 1. The molecule has 0 radical (unpaired) electrons. The fraction of sp³-hybridized carbons (Fsp3) is 0.182. The third-order valence-corrected chi connectivity index (χ3v) is 2.75.